The molecule has 1 aliphatic heterocycles. The van der Waals surface area contributed by atoms with Crippen LogP contribution in [0, 0.1) is 5.92 Å². The minimum Gasteiger partial charge on any atom is -0.339 e. The van der Waals surface area contributed by atoms with Crippen LogP contribution in [-0.2, 0) is 17.6 Å². The molecular weight excluding hydrogens is 280 g/mol. The van der Waals surface area contributed by atoms with Gasteiger partial charge in [0.05, 0.1) is 5.75 Å². The van der Waals surface area contributed by atoms with Crippen LogP contribution in [0.4, 0.5) is 0 Å². The molecule has 1 amide bonds. The van der Waals surface area contributed by atoms with Crippen LogP contribution in [-0.4, -0.2) is 35.7 Å². The molecule has 2 N–H and O–H groups in total. The molecule has 3 rings (SSSR count). The number of benzene rings is 1. The lowest BCUT2D eigenvalue weighted by Crippen LogP contribution is -2.35. The van der Waals surface area contributed by atoms with Gasteiger partial charge in [-0.1, -0.05) is 6.07 Å². The fraction of sp³-hybridized carbons (Fsp3) is 0.588. The van der Waals surface area contributed by atoms with E-state index in [4.69, 9.17) is 5.73 Å². The minimum atomic E-state index is 0.254. The van der Waals surface area contributed by atoms with E-state index in [0.717, 1.165) is 13.0 Å². The lowest BCUT2D eigenvalue weighted by Gasteiger charge is -2.21. The zero-order valence-corrected chi connectivity index (χ0v) is 13.5. The Morgan fingerprint density at radius 2 is 2.19 bits per heavy atom. The van der Waals surface area contributed by atoms with Gasteiger partial charge in [-0.15, -0.1) is 11.8 Å². The molecular formula is C17H24N2OS. The fourth-order valence-corrected chi connectivity index (χ4v) is 4.37. The van der Waals surface area contributed by atoms with Gasteiger partial charge >= 0.3 is 0 Å². The molecule has 0 bridgehead atoms. The number of likely N-dealkylation sites (tertiary alicyclic amines) is 1. The number of aryl methyl sites for hydroxylation is 2. The van der Waals surface area contributed by atoms with Crippen molar-refractivity contribution in [2.24, 2.45) is 11.7 Å². The average Bonchev–Trinajstić information content (AvgIpc) is 3.10. The van der Waals surface area contributed by atoms with Gasteiger partial charge < -0.3 is 10.6 Å². The van der Waals surface area contributed by atoms with Crippen LogP contribution in [0.2, 0.25) is 0 Å². The van der Waals surface area contributed by atoms with Crippen LogP contribution in [0.15, 0.2) is 23.1 Å². The molecule has 21 heavy (non-hydrogen) atoms. The van der Waals surface area contributed by atoms with Crippen molar-refractivity contribution in [1.29, 1.82) is 0 Å². The van der Waals surface area contributed by atoms with Crippen LogP contribution in [0.25, 0.3) is 0 Å². The van der Waals surface area contributed by atoms with Crippen molar-refractivity contribution in [2.45, 2.75) is 43.5 Å². The first-order valence-electron chi connectivity index (χ1n) is 7.91. The molecule has 0 aromatic heterocycles. The summed E-state index contributed by atoms with van der Waals surface area (Å²) in [5.74, 6) is 1.28. The van der Waals surface area contributed by atoms with Crippen molar-refractivity contribution in [1.82, 2.24) is 4.90 Å². The van der Waals surface area contributed by atoms with Gasteiger partial charge in [0.1, 0.15) is 0 Å². The summed E-state index contributed by atoms with van der Waals surface area (Å²) in [6.45, 7) is 3.65. The summed E-state index contributed by atoms with van der Waals surface area (Å²) in [6, 6.07) is 7.01. The Morgan fingerprint density at radius 1 is 1.38 bits per heavy atom. The molecule has 3 nitrogen and oxygen atoms in total. The summed E-state index contributed by atoms with van der Waals surface area (Å²) < 4.78 is 0. The zero-order valence-electron chi connectivity index (χ0n) is 12.7. The molecule has 1 heterocycles. The quantitative estimate of drug-likeness (QED) is 0.869. The van der Waals surface area contributed by atoms with Gasteiger partial charge in [0.25, 0.3) is 0 Å². The highest BCUT2D eigenvalue weighted by molar-refractivity contribution is 8.00. The third-order valence-corrected chi connectivity index (χ3v) is 5.73. The van der Waals surface area contributed by atoms with E-state index < -0.39 is 0 Å². The highest BCUT2D eigenvalue weighted by Crippen LogP contribution is 2.29. The number of amides is 1. The minimum absolute atomic E-state index is 0.254. The zero-order chi connectivity index (χ0) is 14.8. The number of carbonyl (C=O) groups is 1. The van der Waals surface area contributed by atoms with Gasteiger partial charge in [-0.3, -0.25) is 4.79 Å². The van der Waals surface area contributed by atoms with Crippen LogP contribution < -0.4 is 5.73 Å². The second kappa shape index (κ2) is 6.41. The van der Waals surface area contributed by atoms with Gasteiger partial charge in [0, 0.05) is 17.5 Å². The molecule has 1 fully saturated rings. The van der Waals surface area contributed by atoms with Crippen molar-refractivity contribution in [3.05, 3.63) is 29.3 Å². The Kier molecular flexibility index (Phi) is 4.55. The van der Waals surface area contributed by atoms with E-state index in [9.17, 15) is 4.79 Å². The van der Waals surface area contributed by atoms with E-state index in [2.05, 4.69) is 25.1 Å². The third-order valence-electron chi connectivity index (χ3n) is 4.75. The average molecular weight is 304 g/mol. The molecule has 0 saturated carbocycles. The largest absolute Gasteiger partial charge is 0.339 e. The second-order valence-electron chi connectivity index (χ2n) is 6.31. The van der Waals surface area contributed by atoms with Crippen molar-refractivity contribution in [2.75, 3.05) is 18.8 Å². The SMILES string of the molecule is CC1CC(CN)CN1C(=O)CSc1ccc2c(c1)CCC2. The summed E-state index contributed by atoms with van der Waals surface area (Å²) in [4.78, 5) is 15.6. The van der Waals surface area contributed by atoms with E-state index in [0.29, 0.717) is 24.3 Å². The Morgan fingerprint density at radius 3 is 2.95 bits per heavy atom. The summed E-state index contributed by atoms with van der Waals surface area (Å²) in [7, 11) is 0. The van der Waals surface area contributed by atoms with E-state index in [-0.39, 0.29) is 5.91 Å². The molecule has 1 aromatic rings. The van der Waals surface area contributed by atoms with Crippen LogP contribution >= 0.6 is 11.8 Å². The van der Waals surface area contributed by atoms with Gasteiger partial charge in [-0.2, -0.15) is 0 Å². The molecule has 4 heteroatoms. The molecule has 1 aromatic carbocycles. The number of fused-ring (bicyclic) bond motifs is 1. The molecule has 2 aliphatic rings. The monoisotopic (exact) mass is 304 g/mol. The van der Waals surface area contributed by atoms with Crippen molar-refractivity contribution >= 4 is 17.7 Å². The summed E-state index contributed by atoms with van der Waals surface area (Å²) in [5, 5.41) is 0. The molecule has 1 aliphatic carbocycles. The first kappa shape index (κ1) is 14.9. The van der Waals surface area contributed by atoms with E-state index in [1.807, 2.05) is 4.90 Å². The number of rotatable bonds is 4. The van der Waals surface area contributed by atoms with Crippen molar-refractivity contribution in [3.63, 3.8) is 0 Å². The highest BCUT2D eigenvalue weighted by atomic mass is 32.2. The molecule has 2 unspecified atom stereocenters. The first-order chi connectivity index (χ1) is 10.2. The highest BCUT2D eigenvalue weighted by Gasteiger charge is 2.31. The topological polar surface area (TPSA) is 46.3 Å². The smallest absolute Gasteiger partial charge is 0.233 e. The molecule has 1 saturated heterocycles. The number of hydrogen-bond donors (Lipinski definition) is 1. The normalized spacial score (nSPS) is 24.4. The molecule has 114 valence electrons. The molecule has 0 radical (unpaired) electrons. The number of nitrogens with zero attached hydrogens (tertiary/aromatic N) is 1. The lowest BCUT2D eigenvalue weighted by molar-refractivity contribution is -0.128. The number of thioether (sulfide) groups is 1. The van der Waals surface area contributed by atoms with Crippen LogP contribution in [0.3, 0.4) is 0 Å². The summed E-state index contributed by atoms with van der Waals surface area (Å²) >= 11 is 1.67. The van der Waals surface area contributed by atoms with Gasteiger partial charge in [-0.05, 0) is 68.3 Å². The lowest BCUT2D eigenvalue weighted by atomic mass is 10.1. The Labute approximate surface area is 131 Å². The number of hydrogen-bond acceptors (Lipinski definition) is 3. The van der Waals surface area contributed by atoms with E-state index >= 15 is 0 Å². The number of carbonyl (C=O) groups excluding carboxylic acids is 1. The number of nitrogens with two attached hydrogens (primary N) is 1. The Hall–Kier alpha value is -1.00. The predicted octanol–water partition coefficient (Wildman–Crippen LogP) is 2.46. The Balaban J connectivity index is 1.56. The first-order valence-corrected chi connectivity index (χ1v) is 8.90. The van der Waals surface area contributed by atoms with Crippen molar-refractivity contribution < 1.29 is 4.79 Å². The Bertz CT molecular complexity index is 532. The van der Waals surface area contributed by atoms with Gasteiger partial charge in [-0.25, -0.2) is 0 Å². The van der Waals surface area contributed by atoms with E-state index in [1.165, 1.54) is 35.3 Å². The molecule has 0 spiro atoms. The maximum atomic E-state index is 12.4. The predicted molar refractivity (Wildman–Crippen MR) is 87.5 cm³/mol. The van der Waals surface area contributed by atoms with Gasteiger partial charge in [0.2, 0.25) is 5.91 Å². The van der Waals surface area contributed by atoms with Crippen LogP contribution in [0.1, 0.15) is 30.9 Å². The maximum absolute atomic E-state index is 12.4. The van der Waals surface area contributed by atoms with E-state index in [1.54, 1.807) is 11.8 Å². The fourth-order valence-electron chi connectivity index (χ4n) is 3.53. The maximum Gasteiger partial charge on any atom is 0.233 e. The van der Waals surface area contributed by atoms with Crippen LogP contribution in [0.5, 0.6) is 0 Å². The summed E-state index contributed by atoms with van der Waals surface area (Å²) in [5.41, 5.74) is 8.70. The molecule has 2 atom stereocenters. The van der Waals surface area contributed by atoms with Crippen molar-refractivity contribution in [3.8, 4) is 0 Å². The second-order valence-corrected chi connectivity index (χ2v) is 7.35. The van der Waals surface area contributed by atoms with Gasteiger partial charge in [0.15, 0.2) is 0 Å². The standard InChI is InChI=1S/C17H24N2OS/c1-12-7-13(9-18)10-19(12)17(20)11-21-16-6-5-14-3-2-4-15(14)8-16/h5-6,8,12-13H,2-4,7,9-11,18H2,1H3. The summed E-state index contributed by atoms with van der Waals surface area (Å²) in [6.07, 6.45) is 4.73. The third kappa shape index (κ3) is 3.27.